The molecule has 0 bridgehead atoms. The van der Waals surface area contributed by atoms with Crippen LogP contribution in [0.25, 0.3) is 0 Å². The largest absolute Gasteiger partial charge is 0.405 e. The molecule has 0 aromatic heterocycles. The van der Waals surface area contributed by atoms with Crippen molar-refractivity contribution in [3.63, 3.8) is 0 Å². The standard InChI is InChI=1S/C11H13F3N2O/c1-8(11(12,13)14)15-16-10(17)7-9-5-3-2-4-6-9/h2-6,8,15H,7H2,1H3,(H,16,17)/t8-/m0/s1. The van der Waals surface area contributed by atoms with Gasteiger partial charge in [0.25, 0.3) is 0 Å². The van der Waals surface area contributed by atoms with Crippen molar-refractivity contribution in [3.05, 3.63) is 35.9 Å². The summed E-state index contributed by atoms with van der Waals surface area (Å²) in [5, 5.41) is 0. The SMILES string of the molecule is C[C@H](NNC(=O)Cc1ccccc1)C(F)(F)F. The molecule has 0 saturated carbocycles. The van der Waals surface area contributed by atoms with Crippen LogP contribution in [0.3, 0.4) is 0 Å². The second kappa shape index (κ2) is 5.67. The minimum atomic E-state index is -4.37. The lowest BCUT2D eigenvalue weighted by Crippen LogP contribution is -2.50. The molecule has 1 rings (SSSR count). The summed E-state index contributed by atoms with van der Waals surface area (Å²) in [5.41, 5.74) is 4.69. The Hall–Kier alpha value is -1.56. The summed E-state index contributed by atoms with van der Waals surface area (Å²) < 4.78 is 36.3. The number of halogens is 3. The van der Waals surface area contributed by atoms with E-state index in [2.05, 4.69) is 0 Å². The van der Waals surface area contributed by atoms with Gasteiger partial charge in [0.1, 0.15) is 6.04 Å². The summed E-state index contributed by atoms with van der Waals surface area (Å²) in [5.74, 6) is -0.507. The quantitative estimate of drug-likeness (QED) is 0.795. The van der Waals surface area contributed by atoms with E-state index in [0.29, 0.717) is 0 Å². The van der Waals surface area contributed by atoms with Crippen molar-refractivity contribution < 1.29 is 18.0 Å². The van der Waals surface area contributed by atoms with Crippen molar-refractivity contribution >= 4 is 5.91 Å². The first-order valence-corrected chi connectivity index (χ1v) is 5.04. The summed E-state index contributed by atoms with van der Waals surface area (Å²) >= 11 is 0. The molecule has 0 aliphatic rings. The van der Waals surface area contributed by atoms with E-state index >= 15 is 0 Å². The van der Waals surface area contributed by atoms with Crippen LogP contribution in [-0.4, -0.2) is 18.1 Å². The van der Waals surface area contributed by atoms with Crippen LogP contribution >= 0.6 is 0 Å². The minimum absolute atomic E-state index is 0.0401. The van der Waals surface area contributed by atoms with Gasteiger partial charge < -0.3 is 0 Å². The van der Waals surface area contributed by atoms with E-state index in [-0.39, 0.29) is 6.42 Å². The van der Waals surface area contributed by atoms with Gasteiger partial charge in [-0.25, -0.2) is 5.43 Å². The average Bonchev–Trinajstić information content (AvgIpc) is 2.26. The fraction of sp³-hybridized carbons (Fsp3) is 0.364. The number of alkyl halides is 3. The first-order valence-electron chi connectivity index (χ1n) is 5.04. The van der Waals surface area contributed by atoms with Crippen LogP contribution in [0.4, 0.5) is 13.2 Å². The second-order valence-corrected chi connectivity index (χ2v) is 3.62. The van der Waals surface area contributed by atoms with E-state index in [1.54, 1.807) is 30.3 Å². The van der Waals surface area contributed by atoms with Gasteiger partial charge in [-0.2, -0.15) is 13.2 Å². The van der Waals surface area contributed by atoms with Crippen molar-refractivity contribution in [2.45, 2.75) is 25.6 Å². The number of hydrogen-bond donors (Lipinski definition) is 2. The van der Waals surface area contributed by atoms with Crippen molar-refractivity contribution in [1.82, 2.24) is 10.9 Å². The maximum atomic E-state index is 12.1. The smallest absolute Gasteiger partial charge is 0.291 e. The molecule has 6 heteroatoms. The van der Waals surface area contributed by atoms with E-state index in [1.165, 1.54) is 0 Å². The van der Waals surface area contributed by atoms with Gasteiger partial charge in [-0.3, -0.25) is 10.2 Å². The lowest BCUT2D eigenvalue weighted by Gasteiger charge is -2.17. The zero-order valence-corrected chi connectivity index (χ0v) is 9.21. The molecule has 0 fully saturated rings. The van der Waals surface area contributed by atoms with Crippen LogP contribution in [0, 0.1) is 0 Å². The minimum Gasteiger partial charge on any atom is -0.291 e. The maximum Gasteiger partial charge on any atom is 0.405 e. The number of carbonyl (C=O) groups excluding carboxylic acids is 1. The van der Waals surface area contributed by atoms with Gasteiger partial charge in [0.05, 0.1) is 6.42 Å². The Balaban J connectivity index is 2.36. The molecule has 0 radical (unpaired) electrons. The first-order chi connectivity index (χ1) is 7.89. The number of hydrogen-bond acceptors (Lipinski definition) is 2. The summed E-state index contributed by atoms with van der Waals surface area (Å²) in [6, 6.07) is 7.00. The second-order valence-electron chi connectivity index (χ2n) is 3.62. The molecule has 0 aliphatic heterocycles. The molecule has 1 atom stereocenters. The van der Waals surface area contributed by atoms with E-state index in [9.17, 15) is 18.0 Å². The molecule has 3 nitrogen and oxygen atoms in total. The first kappa shape index (κ1) is 13.5. The molecule has 17 heavy (non-hydrogen) atoms. The molecule has 1 amide bonds. The molecular formula is C11H13F3N2O. The Labute approximate surface area is 97.0 Å². The number of nitrogens with one attached hydrogen (secondary N) is 2. The normalized spacial score (nSPS) is 13.2. The van der Waals surface area contributed by atoms with Gasteiger partial charge in [-0.05, 0) is 12.5 Å². The third-order valence-corrected chi connectivity index (χ3v) is 2.13. The highest BCUT2D eigenvalue weighted by Crippen LogP contribution is 2.18. The molecule has 0 heterocycles. The molecule has 1 aromatic rings. The molecule has 0 saturated heterocycles. The summed E-state index contributed by atoms with van der Waals surface area (Å²) in [4.78, 5) is 11.3. The summed E-state index contributed by atoms with van der Waals surface area (Å²) in [6.45, 7) is 0.933. The predicted molar refractivity (Wildman–Crippen MR) is 56.9 cm³/mol. The topological polar surface area (TPSA) is 41.1 Å². The van der Waals surface area contributed by atoms with Crippen molar-refractivity contribution in [1.29, 1.82) is 0 Å². The molecular weight excluding hydrogens is 233 g/mol. The van der Waals surface area contributed by atoms with Gasteiger partial charge in [-0.15, -0.1) is 0 Å². The fourth-order valence-corrected chi connectivity index (χ4v) is 1.10. The van der Waals surface area contributed by atoms with Crippen LogP contribution in [-0.2, 0) is 11.2 Å². The Morgan fingerprint density at radius 3 is 2.41 bits per heavy atom. The number of amides is 1. The van der Waals surface area contributed by atoms with Crippen molar-refractivity contribution in [3.8, 4) is 0 Å². The van der Waals surface area contributed by atoms with Crippen molar-refractivity contribution in [2.24, 2.45) is 0 Å². The average molecular weight is 246 g/mol. The van der Waals surface area contributed by atoms with Gasteiger partial charge in [0.2, 0.25) is 5.91 Å². The molecule has 0 aliphatic carbocycles. The van der Waals surface area contributed by atoms with Crippen LogP contribution in [0.1, 0.15) is 12.5 Å². The van der Waals surface area contributed by atoms with Gasteiger partial charge in [-0.1, -0.05) is 30.3 Å². The Bertz CT molecular complexity index is 365. The number of rotatable bonds is 4. The lowest BCUT2D eigenvalue weighted by atomic mass is 10.1. The van der Waals surface area contributed by atoms with Crippen LogP contribution < -0.4 is 10.9 Å². The lowest BCUT2D eigenvalue weighted by molar-refractivity contribution is -0.155. The predicted octanol–water partition coefficient (Wildman–Crippen LogP) is 1.80. The van der Waals surface area contributed by atoms with Crippen molar-refractivity contribution in [2.75, 3.05) is 0 Å². The van der Waals surface area contributed by atoms with Crippen LogP contribution in [0.15, 0.2) is 30.3 Å². The third kappa shape index (κ3) is 4.86. The fourth-order valence-electron chi connectivity index (χ4n) is 1.10. The highest BCUT2D eigenvalue weighted by molar-refractivity contribution is 5.78. The van der Waals surface area contributed by atoms with E-state index in [4.69, 9.17) is 0 Å². The molecule has 0 spiro atoms. The van der Waals surface area contributed by atoms with Crippen LogP contribution in [0.2, 0.25) is 0 Å². The highest BCUT2D eigenvalue weighted by atomic mass is 19.4. The van der Waals surface area contributed by atoms with Crippen LogP contribution in [0.5, 0.6) is 0 Å². The number of benzene rings is 1. The molecule has 1 aromatic carbocycles. The Morgan fingerprint density at radius 1 is 1.29 bits per heavy atom. The van der Waals surface area contributed by atoms with Gasteiger partial charge in [0.15, 0.2) is 0 Å². The maximum absolute atomic E-state index is 12.1. The van der Waals surface area contributed by atoms with Gasteiger partial charge in [0, 0.05) is 0 Å². The Kier molecular flexibility index (Phi) is 4.51. The van der Waals surface area contributed by atoms with Gasteiger partial charge >= 0.3 is 6.18 Å². The molecule has 2 N–H and O–H groups in total. The Morgan fingerprint density at radius 2 is 1.88 bits per heavy atom. The summed E-state index contributed by atoms with van der Waals surface area (Å²) in [6.07, 6.45) is -4.33. The van der Waals surface area contributed by atoms with E-state index in [0.717, 1.165) is 12.5 Å². The van der Waals surface area contributed by atoms with E-state index < -0.39 is 18.1 Å². The molecule has 0 unspecified atom stereocenters. The molecule has 94 valence electrons. The summed E-state index contributed by atoms with van der Waals surface area (Å²) in [7, 11) is 0. The number of carbonyl (C=O) groups is 1. The highest BCUT2D eigenvalue weighted by Gasteiger charge is 2.35. The number of hydrazine groups is 1. The monoisotopic (exact) mass is 246 g/mol. The zero-order chi connectivity index (χ0) is 12.9. The third-order valence-electron chi connectivity index (χ3n) is 2.13. The van der Waals surface area contributed by atoms with E-state index in [1.807, 2.05) is 10.9 Å². The zero-order valence-electron chi connectivity index (χ0n) is 9.21.